The Morgan fingerprint density at radius 1 is 0.938 bits per heavy atom. The molecule has 1 aliphatic heterocycles. The lowest BCUT2D eigenvalue weighted by Crippen LogP contribution is -2.56. The molecule has 7 nitrogen and oxygen atoms in total. The molecule has 1 fully saturated rings. The Labute approximate surface area is 190 Å². The van der Waals surface area contributed by atoms with E-state index in [9.17, 15) is 9.59 Å². The van der Waals surface area contributed by atoms with Crippen molar-refractivity contribution in [2.24, 2.45) is 0 Å². The SMILES string of the molecule is CC(C)(C)OC(=O)NC(COCc1ccccc1)C(=O)N1CCN(c2ccccc2)CC1. The van der Waals surface area contributed by atoms with E-state index in [4.69, 9.17) is 9.47 Å². The predicted octanol–water partition coefficient (Wildman–Crippen LogP) is 3.45. The van der Waals surface area contributed by atoms with Crippen LogP contribution in [0.2, 0.25) is 0 Å². The van der Waals surface area contributed by atoms with Gasteiger partial charge in [0, 0.05) is 31.9 Å². The van der Waals surface area contributed by atoms with Crippen LogP contribution >= 0.6 is 0 Å². The largest absolute Gasteiger partial charge is 0.444 e. The molecule has 1 heterocycles. The van der Waals surface area contributed by atoms with Gasteiger partial charge in [0.05, 0.1) is 13.2 Å². The number of nitrogens with zero attached hydrogens (tertiary/aromatic N) is 2. The summed E-state index contributed by atoms with van der Waals surface area (Å²) in [6.07, 6.45) is -0.623. The van der Waals surface area contributed by atoms with Crippen LogP contribution in [0.4, 0.5) is 10.5 Å². The van der Waals surface area contributed by atoms with Gasteiger partial charge in [0.25, 0.3) is 0 Å². The summed E-state index contributed by atoms with van der Waals surface area (Å²) in [7, 11) is 0. The van der Waals surface area contributed by atoms with Crippen molar-refractivity contribution >= 4 is 17.7 Å². The summed E-state index contributed by atoms with van der Waals surface area (Å²) in [4.78, 5) is 29.6. The van der Waals surface area contributed by atoms with Crippen LogP contribution in [0.5, 0.6) is 0 Å². The zero-order valence-electron chi connectivity index (χ0n) is 19.1. The molecule has 172 valence electrons. The van der Waals surface area contributed by atoms with E-state index in [2.05, 4.69) is 22.3 Å². The lowest BCUT2D eigenvalue weighted by atomic mass is 10.2. The van der Waals surface area contributed by atoms with E-state index >= 15 is 0 Å². The summed E-state index contributed by atoms with van der Waals surface area (Å²) in [6, 6.07) is 19.1. The van der Waals surface area contributed by atoms with Crippen LogP contribution in [-0.4, -0.2) is 61.3 Å². The molecule has 0 radical (unpaired) electrons. The third kappa shape index (κ3) is 7.27. The van der Waals surface area contributed by atoms with Crippen LogP contribution in [0.3, 0.4) is 0 Å². The second kappa shape index (κ2) is 11.0. The van der Waals surface area contributed by atoms with Crippen molar-refractivity contribution in [1.82, 2.24) is 10.2 Å². The number of hydrogen-bond donors (Lipinski definition) is 1. The van der Waals surface area contributed by atoms with Crippen molar-refractivity contribution in [2.45, 2.75) is 39.0 Å². The summed E-state index contributed by atoms with van der Waals surface area (Å²) in [5, 5.41) is 2.71. The van der Waals surface area contributed by atoms with Crippen LogP contribution in [-0.2, 0) is 20.9 Å². The maximum absolute atomic E-state index is 13.2. The fraction of sp³-hybridized carbons (Fsp3) is 0.440. The fourth-order valence-electron chi connectivity index (χ4n) is 3.54. The van der Waals surface area contributed by atoms with Gasteiger partial charge in [0.15, 0.2) is 0 Å². The number of hydrogen-bond acceptors (Lipinski definition) is 5. The second-order valence-corrected chi connectivity index (χ2v) is 8.85. The Balaban J connectivity index is 1.59. The molecule has 32 heavy (non-hydrogen) atoms. The molecule has 0 aliphatic carbocycles. The van der Waals surface area contributed by atoms with Crippen molar-refractivity contribution in [2.75, 3.05) is 37.7 Å². The van der Waals surface area contributed by atoms with Crippen LogP contribution in [0.15, 0.2) is 60.7 Å². The number of carbonyl (C=O) groups is 2. The molecule has 1 saturated heterocycles. The number of anilines is 1. The van der Waals surface area contributed by atoms with Crippen molar-refractivity contribution in [3.8, 4) is 0 Å². The highest BCUT2D eigenvalue weighted by Gasteiger charge is 2.30. The monoisotopic (exact) mass is 439 g/mol. The van der Waals surface area contributed by atoms with Crippen LogP contribution < -0.4 is 10.2 Å². The minimum absolute atomic E-state index is 0.0753. The minimum atomic E-state index is -0.808. The molecule has 1 N–H and O–H groups in total. The molecule has 2 aromatic rings. The maximum Gasteiger partial charge on any atom is 0.408 e. The van der Waals surface area contributed by atoms with E-state index in [1.807, 2.05) is 48.5 Å². The number of para-hydroxylation sites is 1. The van der Waals surface area contributed by atoms with Gasteiger partial charge in [-0.25, -0.2) is 4.79 Å². The van der Waals surface area contributed by atoms with Crippen LogP contribution in [0, 0.1) is 0 Å². The first-order chi connectivity index (χ1) is 15.3. The van der Waals surface area contributed by atoms with Crippen LogP contribution in [0.25, 0.3) is 0 Å². The Morgan fingerprint density at radius 3 is 2.12 bits per heavy atom. The van der Waals surface area contributed by atoms with Crippen molar-refractivity contribution in [3.05, 3.63) is 66.2 Å². The Bertz CT molecular complexity index is 860. The van der Waals surface area contributed by atoms with E-state index in [1.54, 1.807) is 25.7 Å². The molecule has 1 atom stereocenters. The molecule has 0 bridgehead atoms. The normalized spacial score (nSPS) is 15.2. The number of benzene rings is 2. The number of nitrogens with one attached hydrogen (secondary N) is 1. The van der Waals surface area contributed by atoms with E-state index < -0.39 is 17.7 Å². The molecule has 2 aromatic carbocycles. The van der Waals surface area contributed by atoms with Gasteiger partial charge < -0.3 is 24.6 Å². The number of carbonyl (C=O) groups excluding carboxylic acids is 2. The van der Waals surface area contributed by atoms with Gasteiger partial charge in [0.1, 0.15) is 11.6 Å². The highest BCUT2D eigenvalue weighted by atomic mass is 16.6. The predicted molar refractivity (Wildman–Crippen MR) is 124 cm³/mol. The highest BCUT2D eigenvalue weighted by molar-refractivity contribution is 5.86. The molecular formula is C25H33N3O4. The summed E-state index contributed by atoms with van der Waals surface area (Å²) in [5.74, 6) is -0.156. The average Bonchev–Trinajstić information content (AvgIpc) is 2.78. The summed E-state index contributed by atoms with van der Waals surface area (Å²) >= 11 is 0. The second-order valence-electron chi connectivity index (χ2n) is 8.85. The number of amides is 2. The topological polar surface area (TPSA) is 71.1 Å². The minimum Gasteiger partial charge on any atom is -0.444 e. The first-order valence-electron chi connectivity index (χ1n) is 11.0. The van der Waals surface area contributed by atoms with Crippen LogP contribution in [0.1, 0.15) is 26.3 Å². The zero-order chi connectivity index (χ0) is 23.0. The molecule has 3 rings (SSSR count). The lowest BCUT2D eigenvalue weighted by molar-refractivity contribution is -0.135. The molecule has 1 aliphatic rings. The van der Waals surface area contributed by atoms with E-state index in [-0.39, 0.29) is 12.5 Å². The van der Waals surface area contributed by atoms with Gasteiger partial charge in [-0.05, 0) is 38.5 Å². The third-order valence-electron chi connectivity index (χ3n) is 5.10. The van der Waals surface area contributed by atoms with E-state index in [0.717, 1.165) is 24.3 Å². The Kier molecular flexibility index (Phi) is 8.11. The number of ether oxygens (including phenoxy) is 2. The number of piperazine rings is 1. The van der Waals surface area contributed by atoms with Gasteiger partial charge >= 0.3 is 6.09 Å². The molecule has 0 saturated carbocycles. The van der Waals surface area contributed by atoms with E-state index in [1.165, 1.54) is 0 Å². The Morgan fingerprint density at radius 2 is 1.53 bits per heavy atom. The zero-order valence-corrected chi connectivity index (χ0v) is 19.1. The Hall–Kier alpha value is -3.06. The van der Waals surface area contributed by atoms with E-state index in [0.29, 0.717) is 19.7 Å². The molecule has 2 amide bonds. The third-order valence-corrected chi connectivity index (χ3v) is 5.10. The fourth-order valence-corrected chi connectivity index (χ4v) is 3.54. The molecular weight excluding hydrogens is 406 g/mol. The van der Waals surface area contributed by atoms with Gasteiger partial charge in [-0.1, -0.05) is 48.5 Å². The van der Waals surface area contributed by atoms with Gasteiger partial charge in [-0.15, -0.1) is 0 Å². The van der Waals surface area contributed by atoms with Crippen molar-refractivity contribution in [3.63, 3.8) is 0 Å². The average molecular weight is 440 g/mol. The smallest absolute Gasteiger partial charge is 0.408 e. The first-order valence-corrected chi connectivity index (χ1v) is 11.0. The molecule has 7 heteroatoms. The van der Waals surface area contributed by atoms with Gasteiger partial charge in [-0.2, -0.15) is 0 Å². The first kappa shape index (κ1) is 23.6. The summed E-state index contributed by atoms with van der Waals surface area (Å²) in [5.41, 5.74) is 1.51. The quantitative estimate of drug-likeness (QED) is 0.716. The summed E-state index contributed by atoms with van der Waals surface area (Å²) < 4.78 is 11.1. The standard InChI is InChI=1S/C25H33N3O4/c1-25(2,3)32-24(30)26-22(19-31-18-20-10-6-4-7-11-20)23(29)28-16-14-27(15-17-28)21-12-8-5-9-13-21/h4-13,22H,14-19H2,1-3H3,(H,26,30). The number of alkyl carbamates (subject to hydrolysis) is 1. The molecule has 0 spiro atoms. The number of rotatable bonds is 7. The lowest BCUT2D eigenvalue weighted by Gasteiger charge is -2.37. The molecule has 1 unspecified atom stereocenters. The van der Waals surface area contributed by atoms with Gasteiger partial charge in [0.2, 0.25) is 5.91 Å². The van der Waals surface area contributed by atoms with Crippen molar-refractivity contribution in [1.29, 1.82) is 0 Å². The molecule has 0 aromatic heterocycles. The van der Waals surface area contributed by atoms with Gasteiger partial charge in [-0.3, -0.25) is 4.79 Å². The highest BCUT2D eigenvalue weighted by Crippen LogP contribution is 2.16. The summed E-state index contributed by atoms with van der Waals surface area (Å²) in [6.45, 7) is 8.44. The van der Waals surface area contributed by atoms with Crippen molar-refractivity contribution < 1.29 is 19.1 Å². The maximum atomic E-state index is 13.2.